The van der Waals surface area contributed by atoms with E-state index < -0.39 is 36.3 Å². The van der Waals surface area contributed by atoms with Gasteiger partial charge >= 0.3 is 12.5 Å². The molecule has 0 aliphatic heterocycles. The number of nitrogens with one attached hydrogen (secondary N) is 1. The van der Waals surface area contributed by atoms with E-state index in [4.69, 9.17) is 0 Å². The van der Waals surface area contributed by atoms with Gasteiger partial charge in [0.2, 0.25) is 5.91 Å². The van der Waals surface area contributed by atoms with Gasteiger partial charge in [0.15, 0.2) is 5.69 Å². The van der Waals surface area contributed by atoms with Crippen molar-refractivity contribution in [2.24, 2.45) is 0 Å². The lowest BCUT2D eigenvalue weighted by Crippen LogP contribution is -2.18. The summed E-state index contributed by atoms with van der Waals surface area (Å²) in [5.41, 5.74) is -1.09. The zero-order valence-corrected chi connectivity index (χ0v) is 17.0. The molecule has 148 valence electrons. The molecule has 13 heteroatoms. The fourth-order valence-corrected chi connectivity index (χ4v) is 4.30. The predicted molar refractivity (Wildman–Crippen MR) is 92.7 cm³/mol. The zero-order chi connectivity index (χ0) is 20.6. The van der Waals surface area contributed by atoms with Crippen LogP contribution in [0.5, 0.6) is 5.75 Å². The molecule has 0 radical (unpaired) electrons. The van der Waals surface area contributed by atoms with Crippen molar-refractivity contribution in [1.29, 1.82) is 0 Å². The first-order chi connectivity index (χ1) is 12.3. The molecule has 4 nitrogen and oxygen atoms in total. The molecule has 0 saturated heterocycles. The largest absolute Gasteiger partial charge is 0.573 e. The number of anilines is 1. The van der Waals surface area contributed by atoms with Crippen LogP contribution in [0.4, 0.5) is 32.0 Å². The summed E-state index contributed by atoms with van der Waals surface area (Å²) < 4.78 is 79.5. The van der Waals surface area contributed by atoms with E-state index in [-0.39, 0.29) is 24.5 Å². The Morgan fingerprint density at radius 1 is 1.19 bits per heavy atom. The second-order valence-electron chi connectivity index (χ2n) is 5.04. The number of aromatic nitrogens is 1. The predicted octanol–water partition coefficient (Wildman–Crippen LogP) is 6.08. The van der Waals surface area contributed by atoms with E-state index in [0.717, 1.165) is 23.5 Å². The van der Waals surface area contributed by atoms with E-state index in [9.17, 15) is 31.1 Å². The molecule has 2 rings (SSSR count). The lowest BCUT2D eigenvalue weighted by atomic mass is 10.2. The number of rotatable bonds is 4. The third kappa shape index (κ3) is 6.07. The molecule has 1 aromatic carbocycles. The number of carbonyl (C=O) groups is 1. The number of hydrogen-bond donors (Lipinski definition) is 1. The van der Waals surface area contributed by atoms with Crippen LogP contribution in [0.15, 0.2) is 21.1 Å². The molecular formula is C14H8Br2F6N2O2S. The SMILES string of the molecule is Cc1nc(C(F)(F)F)c(CC(=O)Nc2c(Br)cc(OC(F)(F)F)cc2Br)s1. The number of aryl methyl sites for hydroxylation is 1. The molecule has 0 unspecified atom stereocenters. The molecule has 1 heterocycles. The molecule has 27 heavy (non-hydrogen) atoms. The molecule has 0 aliphatic carbocycles. The minimum Gasteiger partial charge on any atom is -0.406 e. The van der Waals surface area contributed by atoms with Crippen molar-refractivity contribution in [2.45, 2.75) is 25.9 Å². The van der Waals surface area contributed by atoms with Crippen LogP contribution in [0.3, 0.4) is 0 Å². The van der Waals surface area contributed by atoms with Crippen molar-refractivity contribution in [2.75, 3.05) is 5.32 Å². The molecule has 0 fully saturated rings. The fourth-order valence-electron chi connectivity index (χ4n) is 2.00. The number of alkyl halides is 6. The van der Waals surface area contributed by atoms with Gasteiger partial charge in [-0.05, 0) is 50.9 Å². The van der Waals surface area contributed by atoms with Crippen LogP contribution < -0.4 is 10.1 Å². The Bertz CT molecular complexity index is 843. The maximum absolute atomic E-state index is 12.9. The highest BCUT2D eigenvalue weighted by Gasteiger charge is 2.37. The average Bonchev–Trinajstić information content (AvgIpc) is 2.82. The molecule has 0 bridgehead atoms. The number of halogens is 8. The van der Waals surface area contributed by atoms with Crippen molar-refractivity contribution >= 4 is 54.8 Å². The van der Waals surface area contributed by atoms with E-state index in [1.165, 1.54) is 6.92 Å². The summed E-state index contributed by atoms with van der Waals surface area (Å²) in [6.07, 6.45) is -10.2. The lowest BCUT2D eigenvalue weighted by molar-refractivity contribution is -0.274. The first-order valence-corrected chi connectivity index (χ1v) is 9.24. The topological polar surface area (TPSA) is 51.2 Å². The van der Waals surface area contributed by atoms with Gasteiger partial charge in [0.1, 0.15) is 5.75 Å². The molecule has 0 spiro atoms. The summed E-state index contributed by atoms with van der Waals surface area (Å²) in [5, 5.41) is 2.50. The van der Waals surface area contributed by atoms with Gasteiger partial charge in [-0.15, -0.1) is 24.5 Å². The maximum Gasteiger partial charge on any atom is 0.573 e. The Labute approximate surface area is 169 Å². The highest BCUT2D eigenvalue weighted by atomic mass is 79.9. The van der Waals surface area contributed by atoms with Gasteiger partial charge in [0, 0.05) is 13.8 Å². The molecule has 2 aromatic rings. The molecule has 0 aliphatic rings. The second kappa shape index (κ2) is 7.95. The highest BCUT2D eigenvalue weighted by Crippen LogP contribution is 2.38. The minimum atomic E-state index is -4.90. The third-order valence-corrected chi connectivity index (χ3v) is 5.13. The number of hydrogen-bond acceptors (Lipinski definition) is 4. The summed E-state index contributed by atoms with van der Waals surface area (Å²) in [6, 6.07) is 1.93. The van der Waals surface area contributed by atoms with Gasteiger partial charge in [-0.1, -0.05) is 0 Å². The van der Waals surface area contributed by atoms with Gasteiger partial charge in [-0.2, -0.15) is 13.2 Å². The van der Waals surface area contributed by atoms with Gasteiger partial charge in [0.05, 0.1) is 17.1 Å². The smallest absolute Gasteiger partial charge is 0.406 e. The Kier molecular flexibility index (Phi) is 6.47. The number of benzene rings is 1. The van der Waals surface area contributed by atoms with Gasteiger partial charge < -0.3 is 10.1 Å². The van der Waals surface area contributed by atoms with Crippen LogP contribution in [-0.4, -0.2) is 17.3 Å². The first-order valence-electron chi connectivity index (χ1n) is 6.84. The van der Waals surface area contributed by atoms with Crippen LogP contribution in [0.2, 0.25) is 0 Å². The Hall–Kier alpha value is -1.34. The average molecular weight is 542 g/mol. The van der Waals surface area contributed by atoms with Gasteiger partial charge in [-0.25, -0.2) is 4.98 Å². The maximum atomic E-state index is 12.9. The van der Waals surface area contributed by atoms with Gasteiger partial charge in [0.25, 0.3) is 0 Å². The summed E-state index contributed by atoms with van der Waals surface area (Å²) >= 11 is 6.71. The normalized spacial score (nSPS) is 12.2. The van der Waals surface area contributed by atoms with Crippen molar-refractivity contribution in [3.63, 3.8) is 0 Å². The highest BCUT2D eigenvalue weighted by molar-refractivity contribution is 9.11. The molecular weight excluding hydrogens is 534 g/mol. The van der Waals surface area contributed by atoms with Gasteiger partial charge in [-0.3, -0.25) is 4.79 Å². The number of thiazole rings is 1. The fraction of sp³-hybridized carbons (Fsp3) is 0.286. The van der Waals surface area contributed by atoms with Crippen LogP contribution >= 0.6 is 43.2 Å². The summed E-state index contributed by atoms with van der Waals surface area (Å²) in [7, 11) is 0. The quantitative estimate of drug-likeness (QED) is 0.478. The van der Waals surface area contributed by atoms with Crippen molar-refractivity contribution in [1.82, 2.24) is 4.98 Å². The first kappa shape index (κ1) is 22.0. The van der Waals surface area contributed by atoms with E-state index in [1.54, 1.807) is 0 Å². The van der Waals surface area contributed by atoms with Crippen molar-refractivity contribution < 1.29 is 35.9 Å². The number of ether oxygens (including phenoxy) is 1. The molecule has 0 saturated carbocycles. The number of carbonyl (C=O) groups excluding carboxylic acids is 1. The van der Waals surface area contributed by atoms with Crippen LogP contribution in [0.1, 0.15) is 15.6 Å². The van der Waals surface area contributed by atoms with Crippen LogP contribution in [-0.2, 0) is 17.4 Å². The number of amides is 1. The minimum absolute atomic E-state index is 0.0426. The summed E-state index contributed by atoms with van der Waals surface area (Å²) in [4.78, 5) is 15.3. The lowest BCUT2D eigenvalue weighted by Gasteiger charge is -2.14. The van der Waals surface area contributed by atoms with E-state index in [1.807, 2.05) is 0 Å². The summed E-state index contributed by atoms with van der Waals surface area (Å²) in [5.74, 6) is -1.34. The molecule has 1 N–H and O–H groups in total. The number of nitrogens with zero attached hydrogens (tertiary/aromatic N) is 1. The van der Waals surface area contributed by atoms with Crippen LogP contribution in [0, 0.1) is 6.92 Å². The molecule has 1 amide bonds. The van der Waals surface area contributed by atoms with Crippen LogP contribution in [0.25, 0.3) is 0 Å². The van der Waals surface area contributed by atoms with Crippen molar-refractivity contribution in [3.05, 3.63) is 36.7 Å². The molecule has 0 atom stereocenters. The Morgan fingerprint density at radius 3 is 2.22 bits per heavy atom. The Morgan fingerprint density at radius 2 is 1.74 bits per heavy atom. The van der Waals surface area contributed by atoms with Crippen molar-refractivity contribution in [3.8, 4) is 5.75 Å². The monoisotopic (exact) mass is 540 g/mol. The Balaban J connectivity index is 2.20. The molecule has 1 aromatic heterocycles. The van der Waals surface area contributed by atoms with E-state index in [0.29, 0.717) is 0 Å². The second-order valence-corrected chi connectivity index (χ2v) is 8.03. The summed E-state index contributed by atoms with van der Waals surface area (Å²) in [6.45, 7) is 1.38. The standard InChI is InChI=1S/C14H8Br2F6N2O2S/c1-5-23-12(13(17,18)19)9(27-5)4-10(25)24-11-7(15)2-6(3-8(11)16)26-14(20,21)22/h2-3H,4H2,1H3,(H,24,25). The zero-order valence-electron chi connectivity index (χ0n) is 13.1. The van der Waals surface area contributed by atoms with E-state index >= 15 is 0 Å². The third-order valence-electron chi connectivity index (χ3n) is 2.91. The van der Waals surface area contributed by atoms with E-state index in [2.05, 4.69) is 46.9 Å².